The Balaban J connectivity index is 1.56. The van der Waals surface area contributed by atoms with Gasteiger partial charge in [0.1, 0.15) is 0 Å². The highest BCUT2D eigenvalue weighted by Gasteiger charge is 2.48. The van der Waals surface area contributed by atoms with Gasteiger partial charge in [-0.05, 0) is 18.6 Å². The van der Waals surface area contributed by atoms with Crippen LogP contribution in [0.2, 0.25) is 0 Å². The summed E-state index contributed by atoms with van der Waals surface area (Å²) >= 11 is 0. The third-order valence-electron chi connectivity index (χ3n) is 3.57. The summed E-state index contributed by atoms with van der Waals surface area (Å²) in [4.78, 5) is 22.5. The van der Waals surface area contributed by atoms with Crippen LogP contribution in [0.1, 0.15) is 12.0 Å². The van der Waals surface area contributed by atoms with Crippen LogP contribution in [0.15, 0.2) is 42.7 Å². The topological polar surface area (TPSA) is 84.2 Å². The first kappa shape index (κ1) is 13.4. The average molecular weight is 285 g/mol. The normalized spacial score (nSPS) is 20.0. The number of aliphatic carboxylic acids is 1. The van der Waals surface area contributed by atoms with Gasteiger partial charge in [0.05, 0.1) is 23.7 Å². The Kier molecular flexibility index (Phi) is 3.43. The molecule has 6 nitrogen and oxygen atoms in total. The van der Waals surface area contributed by atoms with E-state index in [0.717, 1.165) is 11.3 Å². The number of nitrogens with zero attached hydrogens (tertiary/aromatic N) is 2. The maximum Gasteiger partial charge on any atom is 0.307 e. The molecule has 21 heavy (non-hydrogen) atoms. The van der Waals surface area contributed by atoms with E-state index in [1.807, 2.05) is 36.5 Å². The van der Waals surface area contributed by atoms with Crippen LogP contribution in [0.3, 0.4) is 0 Å². The van der Waals surface area contributed by atoms with Crippen molar-refractivity contribution in [1.82, 2.24) is 15.1 Å². The molecule has 0 spiro atoms. The molecule has 108 valence electrons. The summed E-state index contributed by atoms with van der Waals surface area (Å²) in [6.45, 7) is 0.356. The molecule has 0 aliphatic heterocycles. The van der Waals surface area contributed by atoms with Gasteiger partial charge in [0.2, 0.25) is 5.91 Å². The number of rotatable bonds is 5. The molecule has 0 radical (unpaired) electrons. The highest BCUT2D eigenvalue weighted by atomic mass is 16.4. The van der Waals surface area contributed by atoms with Crippen molar-refractivity contribution in [1.29, 1.82) is 0 Å². The number of para-hydroxylation sites is 1. The van der Waals surface area contributed by atoms with E-state index in [1.165, 1.54) is 0 Å². The highest BCUT2D eigenvalue weighted by molar-refractivity contribution is 5.89. The molecule has 6 heteroatoms. The van der Waals surface area contributed by atoms with Crippen molar-refractivity contribution in [2.75, 3.05) is 0 Å². The molecular formula is C15H15N3O3. The fourth-order valence-corrected chi connectivity index (χ4v) is 2.25. The molecule has 1 aromatic heterocycles. The Morgan fingerprint density at radius 1 is 1.29 bits per heavy atom. The number of carboxylic acids is 1. The second-order valence-corrected chi connectivity index (χ2v) is 5.13. The summed E-state index contributed by atoms with van der Waals surface area (Å²) in [6, 6.07) is 9.67. The van der Waals surface area contributed by atoms with Gasteiger partial charge in [-0.1, -0.05) is 18.2 Å². The van der Waals surface area contributed by atoms with Crippen LogP contribution >= 0.6 is 0 Å². The molecule has 2 aromatic rings. The molecule has 2 atom stereocenters. The number of aromatic nitrogens is 2. The zero-order valence-corrected chi connectivity index (χ0v) is 11.3. The van der Waals surface area contributed by atoms with Crippen molar-refractivity contribution in [3.63, 3.8) is 0 Å². The van der Waals surface area contributed by atoms with E-state index in [-0.39, 0.29) is 11.8 Å². The summed E-state index contributed by atoms with van der Waals surface area (Å²) in [7, 11) is 0. The molecule has 2 N–H and O–H groups in total. The zero-order chi connectivity index (χ0) is 14.8. The van der Waals surface area contributed by atoms with Crippen molar-refractivity contribution in [2.45, 2.75) is 13.0 Å². The summed E-state index contributed by atoms with van der Waals surface area (Å²) in [5.41, 5.74) is 1.82. The van der Waals surface area contributed by atoms with Crippen LogP contribution in [0.5, 0.6) is 0 Å². The zero-order valence-electron chi connectivity index (χ0n) is 11.3. The maximum absolute atomic E-state index is 11.8. The van der Waals surface area contributed by atoms with Crippen molar-refractivity contribution < 1.29 is 14.7 Å². The van der Waals surface area contributed by atoms with Crippen molar-refractivity contribution in [3.8, 4) is 5.69 Å². The lowest BCUT2D eigenvalue weighted by molar-refractivity contribution is -0.140. The van der Waals surface area contributed by atoms with E-state index in [1.54, 1.807) is 10.9 Å². The standard InChI is InChI=1S/C15H15N3O3/c19-14(12-6-13(12)15(20)21)16-7-10-8-17-18(9-10)11-4-2-1-3-5-11/h1-5,8-9,12-13H,6-7H2,(H,16,19)(H,20,21)/t12-,13-/m0/s1. The van der Waals surface area contributed by atoms with Gasteiger partial charge >= 0.3 is 5.97 Å². The lowest BCUT2D eigenvalue weighted by atomic mass is 10.3. The number of carboxylic acid groups (broad SMARTS) is 1. The van der Waals surface area contributed by atoms with Crippen LogP contribution in [-0.2, 0) is 16.1 Å². The van der Waals surface area contributed by atoms with E-state index >= 15 is 0 Å². The molecule has 1 heterocycles. The van der Waals surface area contributed by atoms with E-state index < -0.39 is 11.9 Å². The fraction of sp³-hybridized carbons (Fsp3) is 0.267. The molecule has 0 unspecified atom stereocenters. The predicted octanol–water partition coefficient (Wildman–Crippen LogP) is 1.21. The monoisotopic (exact) mass is 285 g/mol. The number of benzene rings is 1. The Bertz CT molecular complexity index is 666. The van der Waals surface area contributed by atoms with Crippen LogP contribution in [-0.4, -0.2) is 26.8 Å². The Hall–Kier alpha value is -2.63. The van der Waals surface area contributed by atoms with Gasteiger partial charge in [-0.25, -0.2) is 4.68 Å². The second-order valence-electron chi connectivity index (χ2n) is 5.13. The Labute approximate surface area is 121 Å². The third-order valence-corrected chi connectivity index (χ3v) is 3.57. The minimum atomic E-state index is -0.896. The number of hydrogen-bond acceptors (Lipinski definition) is 3. The smallest absolute Gasteiger partial charge is 0.307 e. The van der Waals surface area contributed by atoms with Gasteiger partial charge in [0.15, 0.2) is 0 Å². The van der Waals surface area contributed by atoms with Crippen LogP contribution < -0.4 is 5.32 Å². The number of carbonyl (C=O) groups excluding carboxylic acids is 1. The van der Waals surface area contributed by atoms with Crippen LogP contribution in [0.25, 0.3) is 5.69 Å². The Morgan fingerprint density at radius 3 is 2.71 bits per heavy atom. The van der Waals surface area contributed by atoms with E-state index in [9.17, 15) is 9.59 Å². The summed E-state index contributed by atoms with van der Waals surface area (Å²) in [6.07, 6.45) is 3.97. The molecule has 1 aliphatic rings. The van der Waals surface area contributed by atoms with Crippen molar-refractivity contribution in [2.24, 2.45) is 11.8 Å². The van der Waals surface area contributed by atoms with Gasteiger partial charge in [0.25, 0.3) is 0 Å². The van der Waals surface area contributed by atoms with Gasteiger partial charge in [0, 0.05) is 18.3 Å². The first-order chi connectivity index (χ1) is 10.1. The van der Waals surface area contributed by atoms with Crippen molar-refractivity contribution >= 4 is 11.9 Å². The lowest BCUT2D eigenvalue weighted by Crippen LogP contribution is -2.25. The molecule has 1 amide bonds. The molecular weight excluding hydrogens is 270 g/mol. The molecule has 1 aliphatic carbocycles. The first-order valence-corrected chi connectivity index (χ1v) is 6.74. The van der Waals surface area contributed by atoms with E-state index in [4.69, 9.17) is 5.11 Å². The Morgan fingerprint density at radius 2 is 2.05 bits per heavy atom. The maximum atomic E-state index is 11.8. The molecule has 3 rings (SSSR count). The quantitative estimate of drug-likeness (QED) is 0.864. The molecule has 0 saturated heterocycles. The van der Waals surface area contributed by atoms with Gasteiger partial charge in [-0.3, -0.25) is 9.59 Å². The van der Waals surface area contributed by atoms with Crippen molar-refractivity contribution in [3.05, 3.63) is 48.3 Å². The van der Waals surface area contributed by atoms with E-state index in [2.05, 4.69) is 10.4 Å². The molecule has 1 aromatic carbocycles. The average Bonchev–Trinajstić information content (AvgIpc) is 3.17. The predicted molar refractivity (Wildman–Crippen MR) is 74.6 cm³/mol. The largest absolute Gasteiger partial charge is 0.481 e. The van der Waals surface area contributed by atoms with Crippen LogP contribution in [0, 0.1) is 11.8 Å². The number of amides is 1. The summed E-state index contributed by atoms with van der Waals surface area (Å²) < 4.78 is 1.73. The SMILES string of the molecule is O=C(O)[C@H]1C[C@@H]1C(=O)NCc1cnn(-c2ccccc2)c1. The van der Waals surface area contributed by atoms with Gasteiger partial charge in [-0.2, -0.15) is 5.10 Å². The highest BCUT2D eigenvalue weighted by Crippen LogP contribution is 2.38. The summed E-state index contributed by atoms with van der Waals surface area (Å²) in [5, 5.41) is 15.8. The summed E-state index contributed by atoms with van der Waals surface area (Å²) in [5.74, 6) is -1.99. The molecule has 1 saturated carbocycles. The first-order valence-electron chi connectivity index (χ1n) is 6.74. The minimum absolute atomic E-state index is 0.199. The van der Waals surface area contributed by atoms with Gasteiger partial charge in [-0.15, -0.1) is 0 Å². The number of carbonyl (C=O) groups is 2. The van der Waals surface area contributed by atoms with E-state index in [0.29, 0.717) is 13.0 Å². The third kappa shape index (κ3) is 2.94. The number of hydrogen-bond donors (Lipinski definition) is 2. The fourth-order valence-electron chi connectivity index (χ4n) is 2.25. The lowest BCUT2D eigenvalue weighted by Gasteiger charge is -2.02. The molecule has 1 fully saturated rings. The molecule has 0 bridgehead atoms. The number of nitrogens with one attached hydrogen (secondary N) is 1. The minimum Gasteiger partial charge on any atom is -0.481 e. The van der Waals surface area contributed by atoms with Gasteiger partial charge < -0.3 is 10.4 Å². The second kappa shape index (κ2) is 5.40. The van der Waals surface area contributed by atoms with Crippen LogP contribution in [0.4, 0.5) is 0 Å².